The van der Waals surface area contributed by atoms with Crippen LogP contribution in [0.3, 0.4) is 0 Å². The standard InChI is InChI=1S/C14H25NO2Si/c1-3-16-18(17-4-2)12-6-5-7-13-8-10-14(15)11-9-13/h8-11,18H,3-7,12,15H2,1-2H3. The van der Waals surface area contributed by atoms with Crippen LogP contribution >= 0.6 is 0 Å². The molecule has 0 radical (unpaired) electrons. The average molecular weight is 267 g/mol. The predicted octanol–water partition coefficient (Wildman–Crippen LogP) is 2.89. The quantitative estimate of drug-likeness (QED) is 0.425. The molecule has 0 heterocycles. The van der Waals surface area contributed by atoms with Gasteiger partial charge in [-0.15, -0.1) is 0 Å². The van der Waals surface area contributed by atoms with Crippen molar-refractivity contribution in [2.45, 2.75) is 39.2 Å². The lowest BCUT2D eigenvalue weighted by Gasteiger charge is -2.14. The molecule has 2 N–H and O–H groups in total. The second-order valence-electron chi connectivity index (χ2n) is 4.33. The van der Waals surface area contributed by atoms with E-state index in [-0.39, 0.29) is 0 Å². The highest BCUT2D eigenvalue weighted by Gasteiger charge is 2.10. The molecule has 0 fully saturated rings. The van der Waals surface area contributed by atoms with Crippen molar-refractivity contribution in [2.75, 3.05) is 18.9 Å². The summed E-state index contributed by atoms with van der Waals surface area (Å²) in [7, 11) is -1.39. The SMILES string of the molecule is CCO[SiH](CCCCc1ccc(N)cc1)OCC. The van der Waals surface area contributed by atoms with Gasteiger partial charge in [-0.05, 0) is 50.4 Å². The summed E-state index contributed by atoms with van der Waals surface area (Å²) in [5, 5.41) is 0. The third kappa shape index (κ3) is 6.19. The van der Waals surface area contributed by atoms with E-state index in [0.29, 0.717) is 0 Å². The molecule has 0 aromatic heterocycles. The average Bonchev–Trinajstić information content (AvgIpc) is 2.37. The molecule has 4 heteroatoms. The van der Waals surface area contributed by atoms with Crippen LogP contribution < -0.4 is 5.73 Å². The van der Waals surface area contributed by atoms with Crippen molar-refractivity contribution >= 4 is 15.0 Å². The van der Waals surface area contributed by atoms with Crippen molar-refractivity contribution in [3.8, 4) is 0 Å². The van der Waals surface area contributed by atoms with E-state index in [1.165, 1.54) is 18.4 Å². The predicted molar refractivity (Wildman–Crippen MR) is 79.0 cm³/mol. The lowest BCUT2D eigenvalue weighted by Crippen LogP contribution is -2.22. The lowest BCUT2D eigenvalue weighted by atomic mass is 10.1. The maximum absolute atomic E-state index is 5.66. The molecule has 1 aromatic carbocycles. The molecule has 0 saturated heterocycles. The summed E-state index contributed by atoms with van der Waals surface area (Å²) in [6, 6.07) is 9.25. The van der Waals surface area contributed by atoms with Crippen LogP contribution in [0, 0.1) is 0 Å². The molecule has 0 unspecified atom stereocenters. The van der Waals surface area contributed by atoms with Gasteiger partial charge in [0, 0.05) is 18.9 Å². The minimum atomic E-state index is -1.39. The van der Waals surface area contributed by atoms with Crippen LogP contribution in [-0.2, 0) is 15.3 Å². The van der Waals surface area contributed by atoms with Crippen LogP contribution in [0.2, 0.25) is 6.04 Å². The minimum Gasteiger partial charge on any atom is -0.399 e. The fraction of sp³-hybridized carbons (Fsp3) is 0.571. The summed E-state index contributed by atoms with van der Waals surface area (Å²) < 4.78 is 11.3. The van der Waals surface area contributed by atoms with E-state index in [1.807, 2.05) is 26.0 Å². The Bertz CT molecular complexity index is 310. The molecule has 1 aromatic rings. The van der Waals surface area contributed by atoms with E-state index in [2.05, 4.69) is 12.1 Å². The van der Waals surface area contributed by atoms with Crippen LogP contribution in [0.15, 0.2) is 24.3 Å². The third-order valence-corrected chi connectivity index (χ3v) is 5.13. The topological polar surface area (TPSA) is 44.5 Å². The van der Waals surface area contributed by atoms with Gasteiger partial charge in [-0.2, -0.15) is 0 Å². The zero-order chi connectivity index (χ0) is 13.2. The van der Waals surface area contributed by atoms with Gasteiger partial charge in [-0.3, -0.25) is 0 Å². The Balaban J connectivity index is 2.18. The molecule has 3 nitrogen and oxygen atoms in total. The zero-order valence-electron chi connectivity index (χ0n) is 11.5. The van der Waals surface area contributed by atoms with Gasteiger partial charge in [0.05, 0.1) is 0 Å². The smallest absolute Gasteiger partial charge is 0.321 e. The first-order valence-corrected chi connectivity index (χ1v) is 8.59. The van der Waals surface area contributed by atoms with E-state index in [4.69, 9.17) is 14.6 Å². The van der Waals surface area contributed by atoms with Gasteiger partial charge in [0.1, 0.15) is 0 Å². The maximum atomic E-state index is 5.66. The van der Waals surface area contributed by atoms with Gasteiger partial charge < -0.3 is 14.6 Å². The molecule has 0 spiro atoms. The first-order valence-electron chi connectivity index (χ1n) is 6.83. The van der Waals surface area contributed by atoms with Crippen LogP contribution in [0.4, 0.5) is 5.69 Å². The van der Waals surface area contributed by atoms with Crippen molar-refractivity contribution in [1.29, 1.82) is 0 Å². The Kier molecular flexibility index (Phi) is 7.72. The normalized spacial score (nSPS) is 11.1. The molecule has 1 rings (SSSR count). The molecular weight excluding hydrogens is 242 g/mol. The third-order valence-electron chi connectivity index (χ3n) is 2.84. The van der Waals surface area contributed by atoms with Crippen molar-refractivity contribution in [2.24, 2.45) is 0 Å². The second kappa shape index (κ2) is 9.14. The van der Waals surface area contributed by atoms with E-state index in [9.17, 15) is 0 Å². The highest BCUT2D eigenvalue weighted by atomic mass is 28.3. The van der Waals surface area contributed by atoms with Crippen molar-refractivity contribution in [1.82, 2.24) is 0 Å². The summed E-state index contributed by atoms with van der Waals surface area (Å²) in [5.74, 6) is 0. The Morgan fingerprint density at radius 2 is 1.61 bits per heavy atom. The summed E-state index contributed by atoms with van der Waals surface area (Å²) in [6.07, 6.45) is 3.48. The number of hydrogen-bond donors (Lipinski definition) is 1. The highest BCUT2D eigenvalue weighted by Crippen LogP contribution is 2.11. The summed E-state index contributed by atoms with van der Waals surface area (Å²) in [5.41, 5.74) is 7.85. The van der Waals surface area contributed by atoms with E-state index < -0.39 is 9.28 Å². The van der Waals surface area contributed by atoms with Crippen LogP contribution in [0.1, 0.15) is 32.3 Å². The van der Waals surface area contributed by atoms with Gasteiger partial charge in [0.25, 0.3) is 0 Å². The number of aryl methyl sites for hydroxylation is 1. The fourth-order valence-electron chi connectivity index (χ4n) is 1.91. The number of nitrogens with two attached hydrogens (primary N) is 1. The number of hydrogen-bond acceptors (Lipinski definition) is 3. The Hall–Kier alpha value is -0.843. The minimum absolute atomic E-state index is 0.773. The van der Waals surface area contributed by atoms with Crippen molar-refractivity contribution in [3.63, 3.8) is 0 Å². The summed E-state index contributed by atoms with van der Waals surface area (Å²) in [4.78, 5) is 0. The van der Waals surface area contributed by atoms with Gasteiger partial charge in [0.15, 0.2) is 0 Å². The van der Waals surface area contributed by atoms with Crippen LogP contribution in [-0.4, -0.2) is 22.5 Å². The lowest BCUT2D eigenvalue weighted by molar-refractivity contribution is 0.212. The summed E-state index contributed by atoms with van der Waals surface area (Å²) in [6.45, 7) is 5.62. The largest absolute Gasteiger partial charge is 0.399 e. The number of benzene rings is 1. The van der Waals surface area contributed by atoms with Gasteiger partial charge in [0.2, 0.25) is 0 Å². The first kappa shape index (κ1) is 15.2. The molecule has 0 aliphatic rings. The first-order chi connectivity index (χ1) is 8.76. The summed E-state index contributed by atoms with van der Waals surface area (Å²) >= 11 is 0. The molecular formula is C14H25NO2Si. The molecule has 0 saturated carbocycles. The number of nitrogen functional groups attached to an aromatic ring is 1. The zero-order valence-corrected chi connectivity index (χ0v) is 12.7. The molecule has 0 amide bonds. The van der Waals surface area contributed by atoms with E-state index >= 15 is 0 Å². The Morgan fingerprint density at radius 3 is 2.17 bits per heavy atom. The second-order valence-corrected chi connectivity index (χ2v) is 6.43. The maximum Gasteiger partial charge on any atom is 0.321 e. The van der Waals surface area contributed by atoms with E-state index in [1.54, 1.807) is 0 Å². The fourth-order valence-corrected chi connectivity index (χ4v) is 3.71. The van der Waals surface area contributed by atoms with Crippen molar-refractivity contribution < 1.29 is 8.85 Å². The monoisotopic (exact) mass is 267 g/mol. The molecule has 0 aliphatic carbocycles. The van der Waals surface area contributed by atoms with Crippen LogP contribution in [0.5, 0.6) is 0 Å². The highest BCUT2D eigenvalue weighted by molar-refractivity contribution is 6.44. The Labute approximate surface area is 112 Å². The van der Waals surface area contributed by atoms with Crippen LogP contribution in [0.25, 0.3) is 0 Å². The van der Waals surface area contributed by atoms with Gasteiger partial charge >= 0.3 is 9.28 Å². The van der Waals surface area contributed by atoms with Gasteiger partial charge in [-0.1, -0.05) is 18.6 Å². The van der Waals surface area contributed by atoms with E-state index in [0.717, 1.165) is 31.4 Å². The van der Waals surface area contributed by atoms with Gasteiger partial charge in [-0.25, -0.2) is 0 Å². The number of anilines is 1. The number of rotatable bonds is 9. The molecule has 0 bridgehead atoms. The molecule has 102 valence electrons. The van der Waals surface area contributed by atoms with Crippen molar-refractivity contribution in [3.05, 3.63) is 29.8 Å². The molecule has 0 aliphatic heterocycles. The Morgan fingerprint density at radius 1 is 1.00 bits per heavy atom. The molecule has 0 atom stereocenters. The molecule has 18 heavy (non-hydrogen) atoms. The number of unbranched alkanes of at least 4 members (excludes halogenated alkanes) is 1.